The molecule has 0 radical (unpaired) electrons. The zero-order valence-corrected chi connectivity index (χ0v) is 6.89. The molecule has 0 spiro atoms. The first-order valence-electron chi connectivity index (χ1n) is 3.40. The number of hydrogen-bond acceptors (Lipinski definition) is 3. The smallest absolute Gasteiger partial charge is 0.147 e. The van der Waals surface area contributed by atoms with Gasteiger partial charge in [0.05, 0.1) is 5.75 Å². The van der Waals surface area contributed by atoms with Crippen molar-refractivity contribution in [1.29, 1.82) is 0 Å². The Kier molecular flexibility index (Phi) is 2.01. The van der Waals surface area contributed by atoms with Crippen LogP contribution in [0.1, 0.15) is 12.8 Å². The number of sulfone groups is 1. The van der Waals surface area contributed by atoms with Gasteiger partial charge in [0.15, 0.2) is 0 Å². The second-order valence-electron chi connectivity index (χ2n) is 3.19. The van der Waals surface area contributed by atoms with Gasteiger partial charge in [-0.1, -0.05) is 0 Å². The van der Waals surface area contributed by atoms with Gasteiger partial charge in [-0.3, -0.25) is 0 Å². The molecule has 0 amide bonds. The van der Waals surface area contributed by atoms with E-state index in [9.17, 15) is 8.42 Å². The fourth-order valence-electron chi connectivity index (χ4n) is 1.35. The lowest BCUT2D eigenvalue weighted by molar-refractivity contribution is 0.292. The first-order valence-corrected chi connectivity index (χ1v) is 5.47. The first kappa shape index (κ1) is 8.01. The lowest BCUT2D eigenvalue weighted by Crippen LogP contribution is -2.39. The molecule has 10 heavy (non-hydrogen) atoms. The molecule has 0 aromatic carbocycles. The molecule has 2 N–H and O–H groups in total. The van der Waals surface area contributed by atoms with Crippen LogP contribution in [0.15, 0.2) is 0 Å². The third kappa shape index (κ3) is 2.27. The van der Waals surface area contributed by atoms with Crippen molar-refractivity contribution >= 4 is 9.84 Å². The molecule has 1 rings (SSSR count). The monoisotopic (exact) mass is 163 g/mol. The summed E-state index contributed by atoms with van der Waals surface area (Å²) >= 11 is 0. The van der Waals surface area contributed by atoms with E-state index in [-0.39, 0.29) is 6.04 Å². The van der Waals surface area contributed by atoms with Crippen molar-refractivity contribution in [3.8, 4) is 0 Å². The fourth-order valence-corrected chi connectivity index (χ4v) is 2.48. The molecular formula is C6H13NO2S. The van der Waals surface area contributed by atoms with Gasteiger partial charge in [0, 0.05) is 12.3 Å². The van der Waals surface area contributed by atoms with E-state index in [0.717, 1.165) is 12.8 Å². The molecule has 0 atom stereocenters. The molecule has 0 bridgehead atoms. The molecule has 0 aliphatic heterocycles. The standard InChI is InChI=1S/C6H13NO2S/c1-10(8,9)4-5-2-6(7)3-5/h5-6H,2-4,7H2,1H3. The van der Waals surface area contributed by atoms with E-state index in [0.29, 0.717) is 11.7 Å². The molecule has 4 heteroatoms. The lowest BCUT2D eigenvalue weighted by atomic mass is 9.82. The molecule has 0 aromatic heterocycles. The Morgan fingerprint density at radius 2 is 2.00 bits per heavy atom. The molecule has 0 heterocycles. The molecule has 3 nitrogen and oxygen atoms in total. The van der Waals surface area contributed by atoms with Crippen LogP contribution < -0.4 is 5.73 Å². The van der Waals surface area contributed by atoms with Crippen LogP contribution in [0, 0.1) is 5.92 Å². The minimum Gasteiger partial charge on any atom is -0.328 e. The minimum absolute atomic E-state index is 0.256. The number of nitrogens with two attached hydrogens (primary N) is 1. The lowest BCUT2D eigenvalue weighted by Gasteiger charge is -2.31. The van der Waals surface area contributed by atoms with Crippen molar-refractivity contribution in [2.24, 2.45) is 11.7 Å². The molecule has 0 unspecified atom stereocenters. The van der Waals surface area contributed by atoms with Crippen molar-refractivity contribution in [2.45, 2.75) is 18.9 Å². The molecule has 1 aliphatic carbocycles. The van der Waals surface area contributed by atoms with Gasteiger partial charge in [-0.25, -0.2) is 8.42 Å². The summed E-state index contributed by atoms with van der Waals surface area (Å²) in [5.41, 5.74) is 5.49. The predicted octanol–water partition coefficient (Wildman–Crippen LogP) is -0.232. The zero-order chi connectivity index (χ0) is 7.78. The van der Waals surface area contributed by atoms with E-state index in [2.05, 4.69) is 0 Å². The summed E-state index contributed by atoms with van der Waals surface area (Å²) in [5, 5.41) is 0. The van der Waals surface area contributed by atoms with E-state index in [1.807, 2.05) is 0 Å². The number of hydrogen-bond donors (Lipinski definition) is 1. The quantitative estimate of drug-likeness (QED) is 0.611. The highest BCUT2D eigenvalue weighted by atomic mass is 32.2. The van der Waals surface area contributed by atoms with E-state index < -0.39 is 9.84 Å². The molecule has 0 aromatic rings. The van der Waals surface area contributed by atoms with Gasteiger partial charge >= 0.3 is 0 Å². The minimum atomic E-state index is -2.76. The predicted molar refractivity (Wildman–Crippen MR) is 40.4 cm³/mol. The van der Waals surface area contributed by atoms with E-state index in [1.54, 1.807) is 0 Å². The summed E-state index contributed by atoms with van der Waals surface area (Å²) in [4.78, 5) is 0. The highest BCUT2D eigenvalue weighted by molar-refractivity contribution is 7.90. The van der Waals surface area contributed by atoms with Crippen LogP contribution in [0.3, 0.4) is 0 Å². The van der Waals surface area contributed by atoms with Gasteiger partial charge in [0.25, 0.3) is 0 Å². The maximum absolute atomic E-state index is 10.7. The van der Waals surface area contributed by atoms with Crippen LogP contribution >= 0.6 is 0 Å². The molecule has 1 fully saturated rings. The van der Waals surface area contributed by atoms with Crippen LogP contribution in [-0.4, -0.2) is 26.5 Å². The summed E-state index contributed by atoms with van der Waals surface area (Å²) in [7, 11) is -2.76. The largest absolute Gasteiger partial charge is 0.328 e. The van der Waals surface area contributed by atoms with Gasteiger partial charge in [0.2, 0.25) is 0 Å². The molecule has 60 valence electrons. The van der Waals surface area contributed by atoms with Crippen LogP contribution in [-0.2, 0) is 9.84 Å². The average molecular weight is 163 g/mol. The zero-order valence-electron chi connectivity index (χ0n) is 6.08. The topological polar surface area (TPSA) is 60.2 Å². The third-order valence-electron chi connectivity index (χ3n) is 1.81. The van der Waals surface area contributed by atoms with Gasteiger partial charge in [-0.05, 0) is 18.8 Å². The second-order valence-corrected chi connectivity index (χ2v) is 5.37. The van der Waals surface area contributed by atoms with E-state index >= 15 is 0 Å². The summed E-state index contributed by atoms with van der Waals surface area (Å²) in [6, 6.07) is 0.256. The molecular weight excluding hydrogens is 150 g/mol. The highest BCUT2D eigenvalue weighted by Gasteiger charge is 2.28. The van der Waals surface area contributed by atoms with Gasteiger partial charge in [-0.15, -0.1) is 0 Å². The van der Waals surface area contributed by atoms with Crippen LogP contribution in [0.25, 0.3) is 0 Å². The van der Waals surface area contributed by atoms with Crippen LogP contribution in [0.2, 0.25) is 0 Å². The van der Waals surface area contributed by atoms with Crippen molar-refractivity contribution < 1.29 is 8.42 Å². The first-order chi connectivity index (χ1) is 4.47. The Balaban J connectivity index is 2.30. The highest BCUT2D eigenvalue weighted by Crippen LogP contribution is 2.26. The molecule has 0 saturated heterocycles. The van der Waals surface area contributed by atoms with Crippen molar-refractivity contribution in [1.82, 2.24) is 0 Å². The Bertz CT molecular complexity index is 204. The summed E-state index contributed by atoms with van der Waals surface area (Å²) < 4.78 is 21.4. The number of rotatable bonds is 2. The van der Waals surface area contributed by atoms with Gasteiger partial charge in [-0.2, -0.15) is 0 Å². The van der Waals surface area contributed by atoms with Crippen molar-refractivity contribution in [3.63, 3.8) is 0 Å². The maximum atomic E-state index is 10.7. The van der Waals surface area contributed by atoms with Crippen molar-refractivity contribution in [3.05, 3.63) is 0 Å². The Morgan fingerprint density at radius 3 is 2.30 bits per heavy atom. The summed E-state index contributed by atoms with van der Waals surface area (Å²) in [6.45, 7) is 0. The average Bonchev–Trinajstić information content (AvgIpc) is 1.57. The van der Waals surface area contributed by atoms with Crippen LogP contribution in [0.5, 0.6) is 0 Å². The normalized spacial score (nSPS) is 33.4. The Hall–Kier alpha value is -0.0900. The second kappa shape index (κ2) is 2.51. The molecule has 1 saturated carbocycles. The Morgan fingerprint density at radius 1 is 1.50 bits per heavy atom. The summed E-state index contributed by atoms with van der Waals surface area (Å²) in [5.74, 6) is 0.658. The van der Waals surface area contributed by atoms with Gasteiger partial charge < -0.3 is 5.73 Å². The fraction of sp³-hybridized carbons (Fsp3) is 1.00. The van der Waals surface area contributed by atoms with E-state index in [4.69, 9.17) is 5.73 Å². The molecule has 1 aliphatic rings. The van der Waals surface area contributed by atoms with E-state index in [1.165, 1.54) is 6.26 Å². The van der Waals surface area contributed by atoms with Crippen LogP contribution in [0.4, 0.5) is 0 Å². The third-order valence-corrected chi connectivity index (χ3v) is 2.89. The summed E-state index contributed by atoms with van der Waals surface area (Å²) in [6.07, 6.45) is 3.04. The van der Waals surface area contributed by atoms with Gasteiger partial charge in [0.1, 0.15) is 9.84 Å². The SMILES string of the molecule is CS(=O)(=O)CC1CC(N)C1. The van der Waals surface area contributed by atoms with Crippen molar-refractivity contribution in [2.75, 3.05) is 12.0 Å². The Labute approximate surface area is 61.5 Å². The maximum Gasteiger partial charge on any atom is 0.147 e.